The number of rotatable bonds is 13. The molecule has 0 heterocycles. The zero-order valence-electron chi connectivity index (χ0n) is 26.8. The lowest BCUT2D eigenvalue weighted by Gasteiger charge is -2.35. The molecule has 1 N–H and O–H groups in total. The minimum absolute atomic E-state index is 0.00651. The van der Waals surface area contributed by atoms with Crippen LogP contribution in [-0.2, 0) is 32.6 Å². The van der Waals surface area contributed by atoms with Crippen LogP contribution in [0.25, 0.3) is 0 Å². The number of amides is 2. The Balaban J connectivity index is 1.82. The van der Waals surface area contributed by atoms with E-state index in [4.69, 9.17) is 27.9 Å². The second-order valence-electron chi connectivity index (χ2n) is 12.0. The highest BCUT2D eigenvalue weighted by Crippen LogP contribution is 2.28. The van der Waals surface area contributed by atoms with Crippen molar-refractivity contribution in [3.8, 4) is 5.75 Å². The third-order valence-corrected chi connectivity index (χ3v) is 9.40. The van der Waals surface area contributed by atoms with Crippen molar-refractivity contribution in [2.24, 2.45) is 0 Å². The number of benzene rings is 4. The van der Waals surface area contributed by atoms with Gasteiger partial charge in [-0.15, -0.1) is 0 Å². The first-order chi connectivity index (χ1) is 22.3. The normalized spacial score (nSPS) is 12.2. The maximum absolute atomic E-state index is 14.6. The lowest BCUT2D eigenvalue weighted by Crippen LogP contribution is -2.56. The van der Waals surface area contributed by atoms with Crippen molar-refractivity contribution in [1.29, 1.82) is 0 Å². The number of hydrogen-bond acceptors (Lipinski definition) is 5. The third kappa shape index (κ3) is 9.97. The lowest BCUT2D eigenvalue weighted by molar-refractivity contribution is -0.140. The zero-order chi connectivity index (χ0) is 34.2. The smallest absolute Gasteiger partial charge is 0.264 e. The highest BCUT2D eigenvalue weighted by atomic mass is 35.5. The summed E-state index contributed by atoms with van der Waals surface area (Å²) < 4.78 is 35.0. The summed E-state index contributed by atoms with van der Waals surface area (Å²) in [4.78, 5) is 29.9. The van der Waals surface area contributed by atoms with E-state index in [9.17, 15) is 18.0 Å². The Morgan fingerprint density at radius 2 is 1.47 bits per heavy atom. The number of anilines is 1. The first-order valence-corrected chi connectivity index (χ1v) is 17.4. The number of halogens is 2. The number of hydrogen-bond donors (Lipinski definition) is 1. The van der Waals surface area contributed by atoms with Gasteiger partial charge in [-0.25, -0.2) is 8.42 Å². The van der Waals surface area contributed by atoms with Gasteiger partial charge in [-0.2, -0.15) is 0 Å². The Morgan fingerprint density at radius 1 is 0.830 bits per heavy atom. The Bertz CT molecular complexity index is 1760. The summed E-state index contributed by atoms with van der Waals surface area (Å²) in [5.74, 6) is -0.401. The number of carbonyl (C=O) groups is 2. The van der Waals surface area contributed by atoms with Gasteiger partial charge in [-0.05, 0) is 99.5 Å². The molecule has 0 aliphatic heterocycles. The molecule has 1 atom stereocenters. The minimum Gasteiger partial charge on any atom is -0.494 e. The van der Waals surface area contributed by atoms with E-state index in [0.717, 1.165) is 9.87 Å². The van der Waals surface area contributed by atoms with Gasteiger partial charge >= 0.3 is 0 Å². The maximum Gasteiger partial charge on any atom is 0.264 e. The van der Waals surface area contributed by atoms with E-state index in [0.29, 0.717) is 28.0 Å². The van der Waals surface area contributed by atoms with Crippen LogP contribution in [0.1, 0.15) is 38.8 Å². The molecular weight excluding hydrogens is 657 g/mol. The molecule has 4 aromatic carbocycles. The van der Waals surface area contributed by atoms with Crippen molar-refractivity contribution in [2.75, 3.05) is 17.5 Å². The monoisotopic (exact) mass is 695 g/mol. The van der Waals surface area contributed by atoms with Crippen LogP contribution in [-0.4, -0.2) is 49.9 Å². The second-order valence-corrected chi connectivity index (χ2v) is 14.7. The fraction of sp³-hybridized carbons (Fsp3) is 0.278. The van der Waals surface area contributed by atoms with Gasteiger partial charge < -0.3 is 15.0 Å². The van der Waals surface area contributed by atoms with E-state index in [1.54, 1.807) is 42.5 Å². The van der Waals surface area contributed by atoms with Gasteiger partial charge in [0, 0.05) is 28.5 Å². The quantitative estimate of drug-likeness (QED) is 0.160. The first-order valence-electron chi connectivity index (χ1n) is 15.2. The summed E-state index contributed by atoms with van der Waals surface area (Å²) in [5.41, 5.74) is 1.17. The molecule has 47 heavy (non-hydrogen) atoms. The Hall–Kier alpha value is -4.05. The molecule has 4 aromatic rings. The number of sulfonamides is 1. The zero-order valence-corrected chi connectivity index (χ0v) is 29.1. The average Bonchev–Trinajstić information content (AvgIpc) is 3.02. The largest absolute Gasteiger partial charge is 0.494 e. The Labute approximate surface area is 287 Å². The molecule has 0 saturated carbocycles. The molecule has 0 aromatic heterocycles. The summed E-state index contributed by atoms with van der Waals surface area (Å²) in [7, 11) is -4.27. The van der Waals surface area contributed by atoms with Crippen LogP contribution in [0.4, 0.5) is 5.69 Å². The van der Waals surface area contributed by atoms with Gasteiger partial charge in [0.1, 0.15) is 18.3 Å². The van der Waals surface area contributed by atoms with Crippen molar-refractivity contribution in [2.45, 2.75) is 57.1 Å². The molecule has 0 aliphatic carbocycles. The molecule has 0 fully saturated rings. The number of carbonyl (C=O) groups excluding carboxylic acids is 2. The van der Waals surface area contributed by atoms with Gasteiger partial charge in [0.25, 0.3) is 10.0 Å². The molecule has 0 saturated heterocycles. The molecule has 0 radical (unpaired) electrons. The van der Waals surface area contributed by atoms with Crippen LogP contribution in [0.5, 0.6) is 5.75 Å². The summed E-state index contributed by atoms with van der Waals surface area (Å²) in [6.45, 7) is 7.28. The molecule has 11 heteroatoms. The van der Waals surface area contributed by atoms with Crippen molar-refractivity contribution in [3.63, 3.8) is 0 Å². The van der Waals surface area contributed by atoms with Gasteiger partial charge in [-0.3, -0.25) is 13.9 Å². The fourth-order valence-corrected chi connectivity index (χ4v) is 6.73. The molecule has 0 bridgehead atoms. The molecule has 4 rings (SSSR count). The topological polar surface area (TPSA) is 96.0 Å². The summed E-state index contributed by atoms with van der Waals surface area (Å²) in [6, 6.07) is 27.6. The van der Waals surface area contributed by atoms with E-state index in [1.807, 2.05) is 64.1 Å². The van der Waals surface area contributed by atoms with Crippen LogP contribution in [0.3, 0.4) is 0 Å². The van der Waals surface area contributed by atoms with E-state index < -0.39 is 34.1 Å². The van der Waals surface area contributed by atoms with Gasteiger partial charge in [-0.1, -0.05) is 65.7 Å². The van der Waals surface area contributed by atoms with E-state index in [1.165, 1.54) is 29.2 Å². The van der Waals surface area contributed by atoms with Crippen molar-refractivity contribution in [1.82, 2.24) is 10.2 Å². The van der Waals surface area contributed by atoms with Gasteiger partial charge in [0.15, 0.2) is 0 Å². The highest BCUT2D eigenvalue weighted by Gasteiger charge is 2.35. The number of nitrogens with one attached hydrogen (secondary N) is 1. The molecule has 1 unspecified atom stereocenters. The predicted molar refractivity (Wildman–Crippen MR) is 187 cm³/mol. The number of nitrogens with zero attached hydrogens (tertiary/aromatic N) is 2. The molecule has 2 amide bonds. The van der Waals surface area contributed by atoms with E-state index >= 15 is 0 Å². The highest BCUT2D eigenvalue weighted by molar-refractivity contribution is 7.92. The van der Waals surface area contributed by atoms with Crippen LogP contribution < -0.4 is 14.4 Å². The molecule has 0 aliphatic rings. The standard InChI is InChI=1S/C36H39Cl2N3O5S/c1-5-46-31-18-16-30(17-19-31)41(47(44,45)32-20-14-28(37)15-21-32)25-34(42)40(24-27-12-9-13-29(38)22-27)33(35(43)39-36(2,3)4)23-26-10-7-6-8-11-26/h6-22,33H,5,23-25H2,1-4H3,(H,39,43). The SMILES string of the molecule is CCOc1ccc(N(CC(=O)N(Cc2cccc(Cl)c2)C(Cc2ccccc2)C(=O)NC(C)(C)C)S(=O)(=O)c2ccc(Cl)cc2)cc1. The Morgan fingerprint density at radius 3 is 2.06 bits per heavy atom. The summed E-state index contributed by atoms with van der Waals surface area (Å²) in [5, 5.41) is 3.86. The van der Waals surface area contributed by atoms with Crippen LogP contribution >= 0.6 is 23.2 Å². The van der Waals surface area contributed by atoms with Gasteiger partial charge in [0.2, 0.25) is 11.8 Å². The van der Waals surface area contributed by atoms with Gasteiger partial charge in [0.05, 0.1) is 17.2 Å². The minimum atomic E-state index is -4.27. The number of ether oxygens (including phenoxy) is 1. The third-order valence-electron chi connectivity index (χ3n) is 7.13. The maximum atomic E-state index is 14.6. The molecule has 8 nitrogen and oxygen atoms in total. The lowest BCUT2D eigenvalue weighted by atomic mass is 10.0. The van der Waals surface area contributed by atoms with Crippen LogP contribution in [0.2, 0.25) is 10.0 Å². The average molecular weight is 697 g/mol. The van der Waals surface area contributed by atoms with Crippen LogP contribution in [0.15, 0.2) is 108 Å². The second kappa shape index (κ2) is 15.7. The summed E-state index contributed by atoms with van der Waals surface area (Å²) in [6.07, 6.45) is 0.196. The van der Waals surface area contributed by atoms with Crippen molar-refractivity contribution >= 4 is 50.7 Å². The predicted octanol–water partition coefficient (Wildman–Crippen LogP) is 7.14. The first kappa shape index (κ1) is 35.8. The summed E-state index contributed by atoms with van der Waals surface area (Å²) >= 11 is 12.4. The van der Waals surface area contributed by atoms with E-state index in [-0.39, 0.29) is 29.5 Å². The Kier molecular flexibility index (Phi) is 12.0. The van der Waals surface area contributed by atoms with Crippen LogP contribution in [0, 0.1) is 0 Å². The molecular formula is C36H39Cl2N3O5S. The van der Waals surface area contributed by atoms with E-state index in [2.05, 4.69) is 5.32 Å². The fourth-order valence-electron chi connectivity index (χ4n) is 4.98. The molecule has 248 valence electrons. The van der Waals surface area contributed by atoms with Crippen molar-refractivity contribution < 1.29 is 22.7 Å². The van der Waals surface area contributed by atoms with Crippen molar-refractivity contribution in [3.05, 3.63) is 124 Å². The molecule has 0 spiro atoms.